The predicted octanol–water partition coefficient (Wildman–Crippen LogP) is 3.29. The Morgan fingerprint density at radius 2 is 1.75 bits per heavy atom. The predicted molar refractivity (Wildman–Crippen MR) is 126 cm³/mol. The fraction of sp³-hybridized carbons (Fsp3) is 0.458. The molecule has 2 aromatic rings. The normalized spacial score (nSPS) is 12.3. The van der Waals surface area contributed by atoms with Gasteiger partial charge in [-0.15, -0.1) is 0 Å². The van der Waals surface area contributed by atoms with E-state index in [1.165, 1.54) is 0 Å². The van der Waals surface area contributed by atoms with Crippen molar-refractivity contribution in [3.05, 3.63) is 47.5 Å². The number of aliphatic hydroxyl groups is 1. The maximum Gasteiger partial charge on any atom is 0.203 e. The second-order valence-corrected chi connectivity index (χ2v) is 7.32. The van der Waals surface area contributed by atoms with Crippen molar-refractivity contribution in [3.8, 4) is 23.0 Å². The molecule has 0 bridgehead atoms. The molecule has 3 N–H and O–H groups in total. The van der Waals surface area contributed by atoms with Gasteiger partial charge in [-0.25, -0.2) is 4.99 Å². The molecule has 2 rings (SSSR count). The quantitative estimate of drug-likeness (QED) is 0.361. The van der Waals surface area contributed by atoms with Crippen LogP contribution in [0.25, 0.3) is 0 Å². The Balaban J connectivity index is 2.11. The van der Waals surface area contributed by atoms with E-state index in [0.717, 1.165) is 16.9 Å². The number of ether oxygens (including phenoxy) is 4. The highest BCUT2D eigenvalue weighted by atomic mass is 16.5. The summed E-state index contributed by atoms with van der Waals surface area (Å²) in [6.45, 7) is 7.25. The van der Waals surface area contributed by atoms with E-state index in [2.05, 4.69) is 15.6 Å². The van der Waals surface area contributed by atoms with Gasteiger partial charge >= 0.3 is 0 Å². The molecule has 0 amide bonds. The number of methoxy groups -OCH3 is 3. The van der Waals surface area contributed by atoms with E-state index < -0.39 is 6.10 Å². The first kappa shape index (κ1) is 25.1. The molecule has 8 nitrogen and oxygen atoms in total. The molecule has 1 atom stereocenters. The van der Waals surface area contributed by atoms with Crippen LogP contribution in [-0.2, 0) is 6.54 Å². The molecular weight excluding hydrogens is 410 g/mol. The molecule has 0 radical (unpaired) electrons. The summed E-state index contributed by atoms with van der Waals surface area (Å²) in [6, 6.07) is 11.2. The largest absolute Gasteiger partial charge is 0.493 e. The van der Waals surface area contributed by atoms with Gasteiger partial charge in [-0.2, -0.15) is 0 Å². The van der Waals surface area contributed by atoms with Crippen molar-refractivity contribution in [2.24, 2.45) is 4.99 Å². The molecule has 0 saturated carbocycles. The van der Waals surface area contributed by atoms with Crippen LogP contribution in [0, 0.1) is 0 Å². The van der Waals surface area contributed by atoms with Crippen LogP contribution in [0.4, 0.5) is 0 Å². The number of aliphatic imine (C=N–C) groups is 1. The summed E-state index contributed by atoms with van der Waals surface area (Å²) in [5.41, 5.74) is 1.62. The summed E-state index contributed by atoms with van der Waals surface area (Å²) in [7, 11) is 4.74. The Bertz CT molecular complexity index is 886. The topological polar surface area (TPSA) is 93.6 Å². The van der Waals surface area contributed by atoms with Crippen LogP contribution in [0.15, 0.2) is 41.4 Å². The first-order valence-electron chi connectivity index (χ1n) is 10.7. The van der Waals surface area contributed by atoms with Crippen molar-refractivity contribution < 1.29 is 24.1 Å². The third kappa shape index (κ3) is 6.95. The van der Waals surface area contributed by atoms with E-state index in [-0.39, 0.29) is 6.10 Å². The molecular formula is C24H35N3O5. The average Bonchev–Trinajstić information content (AvgIpc) is 2.79. The van der Waals surface area contributed by atoms with E-state index in [1.807, 2.05) is 57.2 Å². The molecule has 176 valence electrons. The third-order valence-corrected chi connectivity index (χ3v) is 4.61. The van der Waals surface area contributed by atoms with Gasteiger partial charge in [0.15, 0.2) is 17.5 Å². The lowest BCUT2D eigenvalue weighted by Gasteiger charge is -2.18. The average molecular weight is 446 g/mol. The molecule has 0 aliphatic heterocycles. The van der Waals surface area contributed by atoms with Crippen LogP contribution in [0.1, 0.15) is 38.0 Å². The van der Waals surface area contributed by atoms with E-state index in [1.54, 1.807) is 21.3 Å². The minimum Gasteiger partial charge on any atom is -0.493 e. The van der Waals surface area contributed by atoms with Gasteiger partial charge < -0.3 is 34.7 Å². The maximum atomic E-state index is 10.6. The van der Waals surface area contributed by atoms with Gasteiger partial charge in [-0.3, -0.25) is 0 Å². The molecule has 0 saturated heterocycles. The Morgan fingerprint density at radius 3 is 2.38 bits per heavy atom. The fourth-order valence-electron chi connectivity index (χ4n) is 3.17. The molecule has 0 aromatic heterocycles. The highest BCUT2D eigenvalue weighted by Crippen LogP contribution is 2.39. The standard InChI is InChI=1S/C24H35N3O5/c1-7-25-24(26-14-18-11-12-21(29-4)23(31-6)22(18)30-5)27-15-20(28)17-9-8-10-19(13-17)32-16(2)3/h8-13,16,20,28H,7,14-15H2,1-6H3,(H2,25,26,27). The number of aliphatic hydroxyl groups excluding tert-OH is 1. The van der Waals surface area contributed by atoms with Gasteiger partial charge in [0, 0.05) is 18.7 Å². The van der Waals surface area contributed by atoms with Crippen LogP contribution in [0.2, 0.25) is 0 Å². The van der Waals surface area contributed by atoms with Crippen molar-refractivity contribution in [1.29, 1.82) is 0 Å². The molecule has 32 heavy (non-hydrogen) atoms. The lowest BCUT2D eigenvalue weighted by atomic mass is 10.1. The zero-order chi connectivity index (χ0) is 23.5. The minimum atomic E-state index is -0.717. The number of nitrogens with one attached hydrogen (secondary N) is 2. The van der Waals surface area contributed by atoms with E-state index in [4.69, 9.17) is 18.9 Å². The van der Waals surface area contributed by atoms with Crippen LogP contribution in [0.5, 0.6) is 23.0 Å². The molecule has 0 heterocycles. The molecule has 2 aromatic carbocycles. The molecule has 0 fully saturated rings. The van der Waals surface area contributed by atoms with E-state index in [9.17, 15) is 5.11 Å². The highest BCUT2D eigenvalue weighted by Gasteiger charge is 2.16. The van der Waals surface area contributed by atoms with Crippen LogP contribution in [-0.4, -0.2) is 51.6 Å². The van der Waals surface area contributed by atoms with Gasteiger partial charge in [0.1, 0.15) is 5.75 Å². The SMILES string of the molecule is CCNC(=NCc1ccc(OC)c(OC)c1OC)NCC(O)c1cccc(OC(C)C)c1. The number of rotatable bonds is 11. The molecule has 0 spiro atoms. The monoisotopic (exact) mass is 445 g/mol. The molecule has 0 aliphatic rings. The lowest BCUT2D eigenvalue weighted by Crippen LogP contribution is -2.39. The van der Waals surface area contributed by atoms with Crippen LogP contribution in [0.3, 0.4) is 0 Å². The number of nitrogens with zero attached hydrogens (tertiary/aromatic N) is 1. The second-order valence-electron chi connectivity index (χ2n) is 7.32. The number of benzene rings is 2. The summed E-state index contributed by atoms with van der Waals surface area (Å²) in [5, 5.41) is 17.0. The zero-order valence-electron chi connectivity index (χ0n) is 19.8. The third-order valence-electron chi connectivity index (χ3n) is 4.61. The van der Waals surface area contributed by atoms with Gasteiger partial charge in [-0.1, -0.05) is 12.1 Å². The Labute approximate surface area is 190 Å². The molecule has 8 heteroatoms. The van der Waals surface area contributed by atoms with Gasteiger partial charge in [0.25, 0.3) is 0 Å². The maximum absolute atomic E-state index is 10.6. The van der Waals surface area contributed by atoms with Crippen molar-refractivity contribution in [3.63, 3.8) is 0 Å². The van der Waals surface area contributed by atoms with Crippen LogP contribution < -0.4 is 29.6 Å². The Morgan fingerprint density at radius 1 is 1.00 bits per heavy atom. The van der Waals surface area contributed by atoms with Crippen molar-refractivity contribution in [2.45, 2.75) is 39.5 Å². The van der Waals surface area contributed by atoms with Gasteiger partial charge in [-0.05, 0) is 50.6 Å². The first-order chi connectivity index (χ1) is 15.4. The number of hydrogen-bond acceptors (Lipinski definition) is 6. The molecule has 0 aliphatic carbocycles. The summed E-state index contributed by atoms with van der Waals surface area (Å²) in [6.07, 6.45) is -0.647. The number of hydrogen-bond donors (Lipinski definition) is 3. The summed E-state index contributed by atoms with van der Waals surface area (Å²) in [5.74, 6) is 3.01. The summed E-state index contributed by atoms with van der Waals surface area (Å²) in [4.78, 5) is 4.63. The first-order valence-corrected chi connectivity index (χ1v) is 10.7. The Hall–Kier alpha value is -3.13. The van der Waals surface area contributed by atoms with E-state index in [0.29, 0.717) is 42.8 Å². The van der Waals surface area contributed by atoms with Crippen molar-refractivity contribution in [2.75, 3.05) is 34.4 Å². The minimum absolute atomic E-state index is 0.0709. The fourth-order valence-corrected chi connectivity index (χ4v) is 3.17. The highest BCUT2D eigenvalue weighted by molar-refractivity contribution is 5.79. The van der Waals surface area contributed by atoms with Crippen molar-refractivity contribution >= 4 is 5.96 Å². The molecule has 1 unspecified atom stereocenters. The smallest absolute Gasteiger partial charge is 0.203 e. The van der Waals surface area contributed by atoms with Gasteiger partial charge in [0.05, 0.1) is 40.1 Å². The summed E-state index contributed by atoms with van der Waals surface area (Å²) < 4.78 is 22.0. The van der Waals surface area contributed by atoms with E-state index >= 15 is 0 Å². The second kappa shape index (κ2) is 12.7. The summed E-state index contributed by atoms with van der Waals surface area (Å²) >= 11 is 0. The number of guanidine groups is 1. The zero-order valence-corrected chi connectivity index (χ0v) is 19.8. The lowest BCUT2D eigenvalue weighted by molar-refractivity contribution is 0.179. The van der Waals surface area contributed by atoms with Crippen molar-refractivity contribution in [1.82, 2.24) is 10.6 Å². The van der Waals surface area contributed by atoms with Crippen LogP contribution >= 0.6 is 0 Å². The van der Waals surface area contributed by atoms with Gasteiger partial charge in [0.2, 0.25) is 5.75 Å². The Kier molecular flexibility index (Phi) is 9.94.